The molecule has 1 amide bonds. The van der Waals surface area contributed by atoms with Crippen molar-refractivity contribution in [3.8, 4) is 0 Å². The van der Waals surface area contributed by atoms with Gasteiger partial charge in [-0.2, -0.15) is 0 Å². The number of nitrogens with one attached hydrogen (secondary N) is 2. The van der Waals surface area contributed by atoms with Gasteiger partial charge in [0.15, 0.2) is 5.82 Å². The van der Waals surface area contributed by atoms with Gasteiger partial charge in [0.2, 0.25) is 0 Å². The number of piperidine rings is 1. The molecule has 1 aromatic heterocycles. The maximum absolute atomic E-state index is 12.1. The van der Waals surface area contributed by atoms with Gasteiger partial charge in [0.25, 0.3) is 5.91 Å². The maximum atomic E-state index is 12.1. The van der Waals surface area contributed by atoms with Crippen molar-refractivity contribution in [2.45, 2.75) is 32.2 Å². The van der Waals surface area contributed by atoms with E-state index in [9.17, 15) is 4.79 Å². The van der Waals surface area contributed by atoms with Crippen LogP contribution in [0.2, 0.25) is 0 Å². The third kappa shape index (κ3) is 3.68. The highest BCUT2D eigenvalue weighted by molar-refractivity contribution is 5.98. The molecule has 0 aliphatic carbocycles. The molecule has 0 saturated carbocycles. The van der Waals surface area contributed by atoms with Crippen LogP contribution in [0.15, 0.2) is 18.3 Å². The zero-order valence-corrected chi connectivity index (χ0v) is 11.9. The summed E-state index contributed by atoms with van der Waals surface area (Å²) in [4.78, 5) is 18.6. The first-order valence-corrected chi connectivity index (χ1v) is 7.16. The Balaban J connectivity index is 1.88. The first kappa shape index (κ1) is 14.7. The molecule has 1 aliphatic rings. The van der Waals surface area contributed by atoms with Crippen molar-refractivity contribution < 1.29 is 4.79 Å². The van der Waals surface area contributed by atoms with Crippen molar-refractivity contribution in [2.75, 3.05) is 25.1 Å². The number of anilines is 1. The lowest BCUT2D eigenvalue weighted by molar-refractivity contribution is 0.0930. The smallest absolute Gasteiger partial charge is 0.255 e. The lowest BCUT2D eigenvalue weighted by Gasteiger charge is -2.32. The van der Waals surface area contributed by atoms with E-state index >= 15 is 0 Å². The van der Waals surface area contributed by atoms with Crippen molar-refractivity contribution in [3.63, 3.8) is 0 Å². The maximum Gasteiger partial charge on any atom is 0.255 e. The van der Waals surface area contributed by atoms with Crippen LogP contribution < -0.4 is 16.6 Å². The Morgan fingerprint density at radius 1 is 1.45 bits per heavy atom. The molecule has 1 aromatic rings. The topological polar surface area (TPSA) is 83.3 Å². The van der Waals surface area contributed by atoms with Crippen LogP contribution in [0.25, 0.3) is 0 Å². The number of pyridine rings is 1. The molecular formula is C14H23N5O. The summed E-state index contributed by atoms with van der Waals surface area (Å²) in [6.07, 6.45) is 5.42. The summed E-state index contributed by atoms with van der Waals surface area (Å²) in [5, 5.41) is 2.95. The predicted octanol–water partition coefficient (Wildman–Crippen LogP) is 0.971. The molecule has 4 N–H and O–H groups in total. The van der Waals surface area contributed by atoms with Crippen molar-refractivity contribution >= 4 is 11.7 Å². The number of hydrogen-bond acceptors (Lipinski definition) is 5. The molecule has 1 fully saturated rings. The normalized spacial score (nSPS) is 17.5. The first-order chi connectivity index (χ1) is 9.72. The Bertz CT molecular complexity index is 445. The summed E-state index contributed by atoms with van der Waals surface area (Å²) in [6.45, 7) is 5.04. The van der Waals surface area contributed by atoms with E-state index in [1.165, 1.54) is 19.3 Å². The average Bonchev–Trinajstić information content (AvgIpc) is 2.53. The Morgan fingerprint density at radius 3 is 2.90 bits per heavy atom. The van der Waals surface area contributed by atoms with E-state index in [0.717, 1.165) is 13.1 Å². The van der Waals surface area contributed by atoms with Gasteiger partial charge in [-0.25, -0.2) is 10.8 Å². The number of likely N-dealkylation sites (tertiary alicyclic amines) is 1. The zero-order valence-electron chi connectivity index (χ0n) is 11.9. The van der Waals surface area contributed by atoms with Crippen molar-refractivity contribution in [1.29, 1.82) is 0 Å². The van der Waals surface area contributed by atoms with Crippen LogP contribution in [0.5, 0.6) is 0 Å². The number of hydrazine groups is 1. The number of carbonyl (C=O) groups is 1. The molecule has 1 saturated heterocycles. The van der Waals surface area contributed by atoms with Gasteiger partial charge in [-0.3, -0.25) is 9.69 Å². The molecule has 6 nitrogen and oxygen atoms in total. The van der Waals surface area contributed by atoms with E-state index < -0.39 is 0 Å². The number of nitrogens with zero attached hydrogens (tertiary/aromatic N) is 2. The Hall–Kier alpha value is -1.66. The standard InChI is InChI=1S/C14H23N5O/c1-11(19-8-3-2-4-9-19)10-17-14(20)12-6-5-7-16-13(12)18-15/h5-7,11H,2-4,8-10,15H2,1H3,(H,16,18)(H,17,20). The highest BCUT2D eigenvalue weighted by atomic mass is 16.1. The number of aromatic nitrogens is 1. The van der Waals surface area contributed by atoms with Gasteiger partial charge in [0.1, 0.15) is 0 Å². The molecule has 1 atom stereocenters. The summed E-state index contributed by atoms with van der Waals surface area (Å²) >= 11 is 0. The molecule has 6 heteroatoms. The summed E-state index contributed by atoms with van der Waals surface area (Å²) in [7, 11) is 0. The first-order valence-electron chi connectivity index (χ1n) is 7.16. The van der Waals surface area contributed by atoms with Crippen LogP contribution in [0.3, 0.4) is 0 Å². The second-order valence-electron chi connectivity index (χ2n) is 5.20. The molecule has 1 unspecified atom stereocenters. The van der Waals surface area contributed by atoms with Crippen LogP contribution in [0, 0.1) is 0 Å². The number of amides is 1. The predicted molar refractivity (Wildman–Crippen MR) is 79.3 cm³/mol. The molecule has 110 valence electrons. The second-order valence-corrected chi connectivity index (χ2v) is 5.20. The quantitative estimate of drug-likeness (QED) is 0.552. The number of nitrogens with two attached hydrogens (primary N) is 1. The lowest BCUT2D eigenvalue weighted by Crippen LogP contribution is -2.44. The molecule has 0 radical (unpaired) electrons. The number of rotatable bonds is 5. The van der Waals surface area contributed by atoms with E-state index in [4.69, 9.17) is 5.84 Å². The highest BCUT2D eigenvalue weighted by Gasteiger charge is 2.18. The molecule has 2 rings (SSSR count). The van der Waals surface area contributed by atoms with E-state index in [1.807, 2.05) is 0 Å². The fourth-order valence-corrected chi connectivity index (χ4v) is 2.53. The molecular weight excluding hydrogens is 254 g/mol. The van der Waals surface area contributed by atoms with Gasteiger partial charge >= 0.3 is 0 Å². The lowest BCUT2D eigenvalue weighted by atomic mass is 10.1. The van der Waals surface area contributed by atoms with Crippen molar-refractivity contribution in [3.05, 3.63) is 23.9 Å². The largest absolute Gasteiger partial charge is 0.350 e. The molecule has 2 heterocycles. The highest BCUT2D eigenvalue weighted by Crippen LogP contribution is 2.12. The van der Waals surface area contributed by atoms with Crippen LogP contribution >= 0.6 is 0 Å². The fourth-order valence-electron chi connectivity index (χ4n) is 2.53. The number of hydrogen-bond donors (Lipinski definition) is 3. The third-order valence-electron chi connectivity index (χ3n) is 3.76. The van der Waals surface area contributed by atoms with Gasteiger partial charge in [0, 0.05) is 18.8 Å². The van der Waals surface area contributed by atoms with Crippen molar-refractivity contribution in [1.82, 2.24) is 15.2 Å². The van der Waals surface area contributed by atoms with Crippen molar-refractivity contribution in [2.24, 2.45) is 5.84 Å². The molecule has 0 bridgehead atoms. The zero-order chi connectivity index (χ0) is 14.4. The third-order valence-corrected chi connectivity index (χ3v) is 3.76. The molecule has 0 spiro atoms. The van der Waals surface area contributed by atoms with E-state index in [0.29, 0.717) is 24.0 Å². The molecule has 20 heavy (non-hydrogen) atoms. The summed E-state index contributed by atoms with van der Waals surface area (Å²) < 4.78 is 0. The summed E-state index contributed by atoms with van der Waals surface area (Å²) in [6, 6.07) is 3.79. The summed E-state index contributed by atoms with van der Waals surface area (Å²) in [5.41, 5.74) is 2.92. The molecule has 1 aliphatic heterocycles. The molecule has 0 aromatic carbocycles. The minimum absolute atomic E-state index is 0.144. The van der Waals surface area contributed by atoms with E-state index in [2.05, 4.69) is 27.6 Å². The Labute approximate surface area is 119 Å². The van der Waals surface area contributed by atoms with Crippen LogP contribution in [-0.4, -0.2) is 41.5 Å². The van der Waals surface area contributed by atoms with E-state index in [1.54, 1.807) is 18.3 Å². The average molecular weight is 277 g/mol. The Morgan fingerprint density at radius 2 is 2.20 bits per heavy atom. The van der Waals surface area contributed by atoms with Crippen LogP contribution in [0.4, 0.5) is 5.82 Å². The van der Waals surface area contributed by atoms with E-state index in [-0.39, 0.29) is 5.91 Å². The SMILES string of the molecule is CC(CNC(=O)c1cccnc1NN)N1CCCCC1. The van der Waals surface area contributed by atoms with Gasteiger partial charge in [0.05, 0.1) is 5.56 Å². The summed E-state index contributed by atoms with van der Waals surface area (Å²) in [5.74, 6) is 5.62. The van der Waals surface area contributed by atoms with Gasteiger partial charge in [-0.05, 0) is 45.0 Å². The minimum atomic E-state index is -0.144. The van der Waals surface area contributed by atoms with Crippen LogP contribution in [-0.2, 0) is 0 Å². The Kier molecular flexibility index (Phi) is 5.31. The van der Waals surface area contributed by atoms with Gasteiger partial charge < -0.3 is 10.7 Å². The van der Waals surface area contributed by atoms with Crippen LogP contribution in [0.1, 0.15) is 36.5 Å². The monoisotopic (exact) mass is 277 g/mol. The number of carbonyl (C=O) groups excluding carboxylic acids is 1. The van der Waals surface area contributed by atoms with Gasteiger partial charge in [-0.15, -0.1) is 0 Å². The minimum Gasteiger partial charge on any atom is -0.350 e. The van der Waals surface area contributed by atoms with Gasteiger partial charge in [-0.1, -0.05) is 6.42 Å². The fraction of sp³-hybridized carbons (Fsp3) is 0.571. The second kappa shape index (κ2) is 7.21. The number of nitrogen functional groups attached to an aromatic ring is 1.